The summed E-state index contributed by atoms with van der Waals surface area (Å²) in [6.45, 7) is 3.31. The Balaban J connectivity index is 3.24. The Morgan fingerprint density at radius 2 is 1.94 bits per heavy atom. The lowest BCUT2D eigenvalue weighted by molar-refractivity contribution is -0.265. The van der Waals surface area contributed by atoms with E-state index in [1.54, 1.807) is 19.9 Å². The number of aliphatic hydroxyl groups is 1. The minimum Gasteiger partial charge on any atom is -0.376 e. The van der Waals surface area contributed by atoms with E-state index in [9.17, 15) is 18.3 Å². The van der Waals surface area contributed by atoms with Crippen LogP contribution in [0.2, 0.25) is 0 Å². The van der Waals surface area contributed by atoms with Gasteiger partial charge in [-0.3, -0.25) is 0 Å². The van der Waals surface area contributed by atoms with E-state index in [2.05, 4.69) is 0 Å². The molecule has 1 nitrogen and oxygen atoms in total. The first-order valence-corrected chi connectivity index (χ1v) is 5.28. The minimum atomic E-state index is -4.69. The molecule has 0 saturated carbocycles. The lowest BCUT2D eigenvalue weighted by Gasteiger charge is -2.30. The van der Waals surface area contributed by atoms with E-state index in [0.29, 0.717) is 5.56 Å². The van der Waals surface area contributed by atoms with Crippen LogP contribution >= 0.6 is 0 Å². The van der Waals surface area contributed by atoms with Crippen molar-refractivity contribution in [1.82, 2.24) is 0 Å². The molecule has 0 aliphatic heterocycles. The van der Waals surface area contributed by atoms with Crippen molar-refractivity contribution in [3.05, 3.63) is 47.5 Å². The zero-order valence-electron chi connectivity index (χ0n) is 9.75. The summed E-state index contributed by atoms with van der Waals surface area (Å²) in [5, 5.41) is 9.90. The first kappa shape index (κ1) is 13.8. The van der Waals surface area contributed by atoms with Crippen molar-refractivity contribution in [2.45, 2.75) is 32.0 Å². The van der Waals surface area contributed by atoms with Gasteiger partial charge in [-0.15, -0.1) is 0 Å². The van der Waals surface area contributed by atoms with Crippen molar-refractivity contribution in [3.63, 3.8) is 0 Å². The van der Waals surface area contributed by atoms with Crippen LogP contribution in [0.15, 0.2) is 36.4 Å². The second-order valence-electron chi connectivity index (χ2n) is 4.00. The van der Waals surface area contributed by atoms with Gasteiger partial charge in [0.15, 0.2) is 5.60 Å². The van der Waals surface area contributed by atoms with E-state index in [4.69, 9.17) is 0 Å². The van der Waals surface area contributed by atoms with Gasteiger partial charge >= 0.3 is 6.18 Å². The molecule has 0 radical (unpaired) electrons. The molecule has 0 fully saturated rings. The van der Waals surface area contributed by atoms with E-state index in [0.717, 1.165) is 0 Å². The molecule has 0 aliphatic carbocycles. The molecule has 4 heteroatoms. The van der Waals surface area contributed by atoms with Crippen LogP contribution in [0.3, 0.4) is 0 Å². The van der Waals surface area contributed by atoms with E-state index in [1.165, 1.54) is 30.4 Å². The van der Waals surface area contributed by atoms with Gasteiger partial charge in [0.25, 0.3) is 0 Å². The molecule has 1 aromatic rings. The summed E-state index contributed by atoms with van der Waals surface area (Å²) in [4.78, 5) is 0. The summed E-state index contributed by atoms with van der Waals surface area (Å²) >= 11 is 0. The second-order valence-corrected chi connectivity index (χ2v) is 4.00. The normalized spacial score (nSPS) is 16.1. The highest BCUT2D eigenvalue weighted by atomic mass is 19.4. The molecule has 0 unspecified atom stereocenters. The number of aryl methyl sites for hydroxylation is 1. The number of hydrogen-bond acceptors (Lipinski definition) is 1. The Morgan fingerprint density at radius 3 is 2.41 bits per heavy atom. The molecule has 0 aromatic heterocycles. The highest BCUT2D eigenvalue weighted by Crippen LogP contribution is 2.42. The number of halogens is 3. The van der Waals surface area contributed by atoms with E-state index in [1.807, 2.05) is 0 Å². The number of alkyl halides is 3. The Kier molecular flexibility index (Phi) is 3.98. The molecular weight excluding hydrogens is 229 g/mol. The highest BCUT2D eigenvalue weighted by molar-refractivity contribution is 5.29. The molecule has 0 saturated heterocycles. The van der Waals surface area contributed by atoms with Crippen LogP contribution in [-0.2, 0) is 5.60 Å². The maximum Gasteiger partial charge on any atom is 0.421 e. The Hall–Kier alpha value is -1.29. The van der Waals surface area contributed by atoms with Crippen molar-refractivity contribution in [3.8, 4) is 0 Å². The third kappa shape index (κ3) is 2.88. The third-order valence-corrected chi connectivity index (χ3v) is 2.61. The number of rotatable bonds is 3. The van der Waals surface area contributed by atoms with Crippen LogP contribution in [-0.4, -0.2) is 11.3 Å². The molecule has 1 N–H and O–H groups in total. The average molecular weight is 244 g/mol. The van der Waals surface area contributed by atoms with Gasteiger partial charge in [0.2, 0.25) is 0 Å². The molecule has 1 rings (SSSR count). The number of benzene rings is 1. The molecule has 0 aliphatic rings. The van der Waals surface area contributed by atoms with Crippen LogP contribution in [0, 0.1) is 6.92 Å². The lowest BCUT2D eigenvalue weighted by atomic mass is 9.88. The van der Waals surface area contributed by atoms with Crippen LogP contribution in [0.1, 0.15) is 24.5 Å². The highest BCUT2D eigenvalue weighted by Gasteiger charge is 2.53. The summed E-state index contributed by atoms with van der Waals surface area (Å²) < 4.78 is 38.9. The van der Waals surface area contributed by atoms with Gasteiger partial charge in [-0.1, -0.05) is 42.0 Å². The van der Waals surface area contributed by atoms with Gasteiger partial charge in [-0.05, 0) is 19.4 Å². The topological polar surface area (TPSA) is 20.2 Å². The van der Waals surface area contributed by atoms with E-state index >= 15 is 0 Å². The molecule has 17 heavy (non-hydrogen) atoms. The van der Waals surface area contributed by atoms with Crippen molar-refractivity contribution in [2.75, 3.05) is 0 Å². The molecule has 1 aromatic carbocycles. The summed E-state index contributed by atoms with van der Waals surface area (Å²) in [5.74, 6) is 0. The molecule has 1 atom stereocenters. The standard InChI is InChI=1S/C13H15F3O/c1-3-4-8-12(17,13(14,15)16)11-7-5-6-10(2)9-11/h3-7,9,17H,8H2,1-2H3/b4-3-/t12-/m1/s1. The van der Waals surface area contributed by atoms with Crippen LogP contribution in [0.5, 0.6) is 0 Å². The van der Waals surface area contributed by atoms with E-state index < -0.39 is 18.2 Å². The fourth-order valence-electron chi connectivity index (χ4n) is 1.59. The Labute approximate surface area is 98.6 Å². The van der Waals surface area contributed by atoms with Crippen molar-refractivity contribution >= 4 is 0 Å². The first-order valence-electron chi connectivity index (χ1n) is 5.28. The number of allylic oxidation sites excluding steroid dienone is 1. The molecule has 0 amide bonds. The van der Waals surface area contributed by atoms with Gasteiger partial charge in [-0.25, -0.2) is 0 Å². The third-order valence-electron chi connectivity index (χ3n) is 2.61. The lowest BCUT2D eigenvalue weighted by Crippen LogP contribution is -2.41. The molecule has 0 heterocycles. The Morgan fingerprint density at radius 1 is 1.29 bits per heavy atom. The van der Waals surface area contributed by atoms with Crippen molar-refractivity contribution < 1.29 is 18.3 Å². The zero-order chi connectivity index (χ0) is 13.1. The molecule has 0 bridgehead atoms. The SMILES string of the molecule is C/C=C\C[C@@](O)(c1cccc(C)c1)C(F)(F)F. The summed E-state index contributed by atoms with van der Waals surface area (Å²) in [5.41, 5.74) is -2.25. The Bertz CT molecular complexity index is 409. The second kappa shape index (κ2) is 4.92. The van der Waals surface area contributed by atoms with Crippen LogP contribution in [0.4, 0.5) is 13.2 Å². The predicted molar refractivity (Wildman–Crippen MR) is 60.6 cm³/mol. The summed E-state index contributed by atoms with van der Waals surface area (Å²) in [6, 6.07) is 5.86. The molecular formula is C13H15F3O. The predicted octanol–water partition coefficient (Wildman–Crippen LogP) is 3.71. The van der Waals surface area contributed by atoms with Crippen molar-refractivity contribution in [1.29, 1.82) is 0 Å². The monoisotopic (exact) mass is 244 g/mol. The van der Waals surface area contributed by atoms with Gasteiger partial charge in [0.05, 0.1) is 0 Å². The van der Waals surface area contributed by atoms with Gasteiger partial charge in [0.1, 0.15) is 0 Å². The summed E-state index contributed by atoms with van der Waals surface area (Å²) in [7, 11) is 0. The minimum absolute atomic E-state index is 0.122. The largest absolute Gasteiger partial charge is 0.421 e. The quantitative estimate of drug-likeness (QED) is 0.803. The van der Waals surface area contributed by atoms with Gasteiger partial charge in [-0.2, -0.15) is 13.2 Å². The average Bonchev–Trinajstić information content (AvgIpc) is 2.24. The van der Waals surface area contributed by atoms with Gasteiger partial charge in [0, 0.05) is 6.42 Å². The maximum absolute atomic E-state index is 13.0. The summed E-state index contributed by atoms with van der Waals surface area (Å²) in [6.07, 6.45) is -2.36. The maximum atomic E-state index is 13.0. The fraction of sp³-hybridized carbons (Fsp3) is 0.385. The van der Waals surface area contributed by atoms with Crippen LogP contribution < -0.4 is 0 Å². The number of hydrogen-bond donors (Lipinski definition) is 1. The van der Waals surface area contributed by atoms with E-state index in [-0.39, 0.29) is 5.56 Å². The smallest absolute Gasteiger partial charge is 0.376 e. The van der Waals surface area contributed by atoms with Gasteiger partial charge < -0.3 is 5.11 Å². The van der Waals surface area contributed by atoms with Crippen LogP contribution in [0.25, 0.3) is 0 Å². The zero-order valence-corrected chi connectivity index (χ0v) is 9.75. The molecule has 0 spiro atoms. The first-order chi connectivity index (χ1) is 7.81. The van der Waals surface area contributed by atoms with Crippen molar-refractivity contribution in [2.24, 2.45) is 0 Å². The fourth-order valence-corrected chi connectivity index (χ4v) is 1.59. The molecule has 94 valence electrons.